The second kappa shape index (κ2) is 4.05. The summed E-state index contributed by atoms with van der Waals surface area (Å²) in [6, 6.07) is 7.10. The third-order valence-corrected chi connectivity index (χ3v) is 3.53. The first-order valence-electron chi connectivity index (χ1n) is 4.72. The maximum absolute atomic E-state index is 10.6. The van der Waals surface area contributed by atoms with Crippen LogP contribution in [0.15, 0.2) is 29.2 Å². The molecule has 1 aromatic carbocycles. The molecular weight excluding hydrogens is 196 g/mol. The molecule has 3 heteroatoms. The van der Waals surface area contributed by atoms with Crippen LogP contribution in [0.4, 0.5) is 0 Å². The van der Waals surface area contributed by atoms with Crippen molar-refractivity contribution in [2.24, 2.45) is 5.92 Å². The number of thioether (sulfide) groups is 1. The van der Waals surface area contributed by atoms with Gasteiger partial charge in [0.1, 0.15) is 0 Å². The lowest BCUT2D eigenvalue weighted by Gasteiger charge is -2.00. The predicted octanol–water partition coefficient (Wildman–Crippen LogP) is 2.89. The summed E-state index contributed by atoms with van der Waals surface area (Å²) in [6.07, 6.45) is 2.72. The molecule has 74 valence electrons. The second-order valence-electron chi connectivity index (χ2n) is 3.58. The molecule has 1 aromatic rings. The lowest BCUT2D eigenvalue weighted by atomic mass is 10.2. The predicted molar refractivity (Wildman–Crippen MR) is 56.8 cm³/mol. The van der Waals surface area contributed by atoms with Crippen molar-refractivity contribution in [3.63, 3.8) is 0 Å². The zero-order chi connectivity index (χ0) is 9.97. The second-order valence-corrected chi connectivity index (χ2v) is 4.68. The van der Waals surface area contributed by atoms with Gasteiger partial charge in [-0.2, -0.15) is 0 Å². The average molecular weight is 208 g/mol. The van der Waals surface area contributed by atoms with Crippen LogP contribution < -0.4 is 0 Å². The summed E-state index contributed by atoms with van der Waals surface area (Å²) in [5.74, 6) is 1.22. The molecule has 2 rings (SSSR count). The average Bonchev–Trinajstić information content (AvgIpc) is 2.99. The van der Waals surface area contributed by atoms with E-state index in [2.05, 4.69) is 0 Å². The highest BCUT2D eigenvalue weighted by molar-refractivity contribution is 7.99. The molecule has 1 aliphatic carbocycles. The molecule has 0 saturated heterocycles. The maximum Gasteiger partial charge on any atom is 0.335 e. The van der Waals surface area contributed by atoms with E-state index in [1.54, 1.807) is 12.1 Å². The van der Waals surface area contributed by atoms with E-state index >= 15 is 0 Å². The molecule has 0 aliphatic heterocycles. The van der Waals surface area contributed by atoms with Gasteiger partial charge in [0.25, 0.3) is 0 Å². The summed E-state index contributed by atoms with van der Waals surface area (Å²) in [5, 5.41) is 8.70. The van der Waals surface area contributed by atoms with Gasteiger partial charge in [-0.25, -0.2) is 4.79 Å². The fourth-order valence-corrected chi connectivity index (χ4v) is 2.28. The number of rotatable bonds is 4. The Bertz CT molecular complexity index is 328. The quantitative estimate of drug-likeness (QED) is 0.773. The van der Waals surface area contributed by atoms with Crippen LogP contribution in [0.5, 0.6) is 0 Å². The standard InChI is InChI=1S/C11H12O2S/c12-11(13)9-3-5-10(6-4-9)14-7-8-1-2-8/h3-6,8H,1-2,7H2,(H,12,13). The Hall–Kier alpha value is -0.960. The summed E-state index contributed by atoms with van der Waals surface area (Å²) < 4.78 is 0. The highest BCUT2D eigenvalue weighted by Gasteiger charge is 2.20. The van der Waals surface area contributed by atoms with E-state index in [4.69, 9.17) is 5.11 Å². The van der Waals surface area contributed by atoms with E-state index in [1.807, 2.05) is 23.9 Å². The van der Waals surface area contributed by atoms with E-state index in [0.717, 1.165) is 5.92 Å². The van der Waals surface area contributed by atoms with Crippen LogP contribution in [-0.4, -0.2) is 16.8 Å². The van der Waals surface area contributed by atoms with Crippen molar-refractivity contribution in [1.29, 1.82) is 0 Å². The largest absolute Gasteiger partial charge is 0.478 e. The van der Waals surface area contributed by atoms with Gasteiger partial charge >= 0.3 is 5.97 Å². The number of carboxylic acids is 1. The minimum atomic E-state index is -0.858. The fourth-order valence-electron chi connectivity index (χ4n) is 1.19. The Morgan fingerprint density at radius 3 is 2.50 bits per heavy atom. The Morgan fingerprint density at radius 2 is 2.00 bits per heavy atom. The van der Waals surface area contributed by atoms with Gasteiger partial charge in [-0.1, -0.05) is 0 Å². The minimum absolute atomic E-state index is 0.362. The molecular formula is C11H12O2S. The Balaban J connectivity index is 1.94. The normalized spacial score (nSPS) is 15.4. The van der Waals surface area contributed by atoms with Crippen LogP contribution in [0.3, 0.4) is 0 Å². The number of benzene rings is 1. The van der Waals surface area contributed by atoms with Gasteiger partial charge in [0, 0.05) is 10.6 Å². The third-order valence-electron chi connectivity index (χ3n) is 2.28. The smallest absolute Gasteiger partial charge is 0.335 e. The maximum atomic E-state index is 10.6. The molecule has 1 fully saturated rings. The summed E-state index contributed by atoms with van der Waals surface area (Å²) >= 11 is 1.82. The number of carboxylic acid groups (broad SMARTS) is 1. The van der Waals surface area contributed by atoms with Crippen LogP contribution in [0, 0.1) is 5.92 Å². The van der Waals surface area contributed by atoms with E-state index in [-0.39, 0.29) is 0 Å². The van der Waals surface area contributed by atoms with Crippen molar-refractivity contribution in [2.75, 3.05) is 5.75 Å². The molecule has 1 saturated carbocycles. The van der Waals surface area contributed by atoms with E-state index in [1.165, 1.54) is 23.5 Å². The molecule has 0 unspecified atom stereocenters. The molecule has 0 aromatic heterocycles. The summed E-state index contributed by atoms with van der Waals surface area (Å²) in [5.41, 5.74) is 0.362. The molecule has 0 atom stereocenters. The van der Waals surface area contributed by atoms with Crippen molar-refractivity contribution in [3.8, 4) is 0 Å². The molecule has 2 nitrogen and oxygen atoms in total. The highest BCUT2D eigenvalue weighted by Crippen LogP contribution is 2.34. The third kappa shape index (κ3) is 2.51. The molecule has 0 spiro atoms. The van der Waals surface area contributed by atoms with Gasteiger partial charge in [-0.3, -0.25) is 0 Å². The van der Waals surface area contributed by atoms with Gasteiger partial charge in [-0.15, -0.1) is 11.8 Å². The number of hydrogen-bond acceptors (Lipinski definition) is 2. The van der Waals surface area contributed by atoms with E-state index in [0.29, 0.717) is 5.56 Å². The van der Waals surface area contributed by atoms with Crippen LogP contribution in [0.1, 0.15) is 23.2 Å². The van der Waals surface area contributed by atoms with Crippen LogP contribution >= 0.6 is 11.8 Å². The minimum Gasteiger partial charge on any atom is -0.478 e. The van der Waals surface area contributed by atoms with Gasteiger partial charge in [0.15, 0.2) is 0 Å². The first kappa shape index (κ1) is 9.59. The summed E-state index contributed by atoms with van der Waals surface area (Å²) in [6.45, 7) is 0. The Kier molecular flexibility index (Phi) is 2.77. The monoisotopic (exact) mass is 208 g/mol. The Morgan fingerprint density at radius 1 is 1.36 bits per heavy atom. The lowest BCUT2D eigenvalue weighted by molar-refractivity contribution is 0.0697. The molecule has 1 N–H and O–H groups in total. The highest BCUT2D eigenvalue weighted by atomic mass is 32.2. The van der Waals surface area contributed by atoms with Crippen molar-refractivity contribution in [2.45, 2.75) is 17.7 Å². The topological polar surface area (TPSA) is 37.3 Å². The molecule has 0 heterocycles. The van der Waals surface area contributed by atoms with Crippen molar-refractivity contribution >= 4 is 17.7 Å². The van der Waals surface area contributed by atoms with Crippen LogP contribution in [0.25, 0.3) is 0 Å². The zero-order valence-electron chi connectivity index (χ0n) is 7.77. The van der Waals surface area contributed by atoms with Gasteiger partial charge in [-0.05, 0) is 43.0 Å². The molecule has 14 heavy (non-hydrogen) atoms. The number of hydrogen-bond donors (Lipinski definition) is 1. The van der Waals surface area contributed by atoms with Crippen molar-refractivity contribution in [3.05, 3.63) is 29.8 Å². The van der Waals surface area contributed by atoms with E-state index in [9.17, 15) is 4.79 Å². The molecule has 0 bridgehead atoms. The lowest BCUT2D eigenvalue weighted by Crippen LogP contribution is -1.94. The van der Waals surface area contributed by atoms with E-state index < -0.39 is 5.97 Å². The SMILES string of the molecule is O=C(O)c1ccc(SCC2CC2)cc1. The first-order chi connectivity index (χ1) is 6.75. The summed E-state index contributed by atoms with van der Waals surface area (Å²) in [4.78, 5) is 11.7. The van der Waals surface area contributed by atoms with Crippen LogP contribution in [0.2, 0.25) is 0 Å². The molecule has 0 radical (unpaired) electrons. The van der Waals surface area contributed by atoms with Gasteiger partial charge in [0.05, 0.1) is 5.56 Å². The van der Waals surface area contributed by atoms with Gasteiger partial charge < -0.3 is 5.11 Å². The summed E-state index contributed by atoms with van der Waals surface area (Å²) in [7, 11) is 0. The molecule has 1 aliphatic rings. The number of aromatic carboxylic acids is 1. The Labute approximate surface area is 87.3 Å². The van der Waals surface area contributed by atoms with Crippen molar-refractivity contribution < 1.29 is 9.90 Å². The fraction of sp³-hybridized carbons (Fsp3) is 0.364. The van der Waals surface area contributed by atoms with Crippen LogP contribution in [-0.2, 0) is 0 Å². The number of carbonyl (C=O) groups is 1. The van der Waals surface area contributed by atoms with Gasteiger partial charge in [0.2, 0.25) is 0 Å². The zero-order valence-corrected chi connectivity index (χ0v) is 8.59. The first-order valence-corrected chi connectivity index (χ1v) is 5.70. The van der Waals surface area contributed by atoms with Crippen molar-refractivity contribution in [1.82, 2.24) is 0 Å². The molecule has 0 amide bonds.